The molecule has 1 aromatic carbocycles. The summed E-state index contributed by atoms with van der Waals surface area (Å²) in [4.78, 5) is 3.71. The topological polar surface area (TPSA) is 32.6 Å². The first kappa shape index (κ1) is 6.81. The Morgan fingerprint density at radius 3 is 2.70 bits per heavy atom. The van der Waals surface area contributed by atoms with E-state index in [1.54, 1.807) is 18.2 Å². The van der Waals surface area contributed by atoms with Gasteiger partial charge in [0.15, 0.2) is 0 Å². The lowest BCUT2D eigenvalue weighted by Crippen LogP contribution is -1.72. The molecule has 0 fully saturated rings. The molecule has 0 aromatic heterocycles. The standard InChI is InChI=1S/C8H9NO/c1-6-5-7(9-2)3-4-8(6)10/h3-5,10H,2H2,1H3. The molecule has 2 nitrogen and oxygen atoms in total. The normalized spacial score (nSPS) is 9.30. The van der Waals surface area contributed by atoms with Crippen LogP contribution in [0.1, 0.15) is 5.56 Å². The van der Waals surface area contributed by atoms with Crippen LogP contribution in [0.25, 0.3) is 0 Å². The molecule has 10 heavy (non-hydrogen) atoms. The molecule has 0 aliphatic carbocycles. The molecule has 0 amide bonds. The highest BCUT2D eigenvalue weighted by Gasteiger charge is 1.93. The molecule has 0 saturated carbocycles. The van der Waals surface area contributed by atoms with Gasteiger partial charge in [-0.2, -0.15) is 0 Å². The molecular weight excluding hydrogens is 126 g/mol. The summed E-state index contributed by atoms with van der Waals surface area (Å²) in [7, 11) is 0. The molecule has 0 radical (unpaired) electrons. The second-order valence-electron chi connectivity index (χ2n) is 2.13. The summed E-state index contributed by atoms with van der Waals surface area (Å²) in [5.41, 5.74) is 1.61. The number of phenolic OH excluding ortho intramolecular Hbond substituents is 1. The molecule has 0 atom stereocenters. The van der Waals surface area contributed by atoms with E-state index in [0.717, 1.165) is 11.3 Å². The van der Waals surface area contributed by atoms with Gasteiger partial charge in [-0.05, 0) is 37.4 Å². The minimum atomic E-state index is 0.299. The van der Waals surface area contributed by atoms with Crippen LogP contribution in [0.4, 0.5) is 5.69 Å². The molecule has 1 rings (SSSR count). The maximum absolute atomic E-state index is 9.08. The van der Waals surface area contributed by atoms with Crippen LogP contribution in [0.3, 0.4) is 0 Å². The van der Waals surface area contributed by atoms with Crippen molar-refractivity contribution in [2.45, 2.75) is 6.92 Å². The van der Waals surface area contributed by atoms with Gasteiger partial charge >= 0.3 is 0 Å². The average Bonchev–Trinajstić information content (AvgIpc) is 1.95. The zero-order valence-corrected chi connectivity index (χ0v) is 5.83. The van der Waals surface area contributed by atoms with Crippen molar-refractivity contribution in [3.63, 3.8) is 0 Å². The Morgan fingerprint density at radius 1 is 1.50 bits per heavy atom. The molecule has 0 aliphatic rings. The van der Waals surface area contributed by atoms with Gasteiger partial charge in [-0.15, -0.1) is 0 Å². The Labute approximate surface area is 59.9 Å². The Kier molecular flexibility index (Phi) is 1.71. The van der Waals surface area contributed by atoms with Crippen molar-refractivity contribution in [1.82, 2.24) is 0 Å². The van der Waals surface area contributed by atoms with Gasteiger partial charge in [0.2, 0.25) is 0 Å². The van der Waals surface area contributed by atoms with Crippen LogP contribution < -0.4 is 0 Å². The molecule has 0 spiro atoms. The van der Waals surface area contributed by atoms with Crippen LogP contribution in [0.5, 0.6) is 5.75 Å². The molecular formula is C8H9NO. The molecule has 0 bridgehead atoms. The largest absolute Gasteiger partial charge is 0.508 e. The van der Waals surface area contributed by atoms with E-state index in [1.165, 1.54) is 0 Å². The summed E-state index contributed by atoms with van der Waals surface area (Å²) in [5, 5.41) is 9.08. The second kappa shape index (κ2) is 2.52. The highest BCUT2D eigenvalue weighted by molar-refractivity contribution is 5.50. The fourth-order valence-corrected chi connectivity index (χ4v) is 0.738. The SMILES string of the molecule is C=Nc1ccc(O)c(C)c1. The van der Waals surface area contributed by atoms with Crippen molar-refractivity contribution in [3.05, 3.63) is 23.8 Å². The van der Waals surface area contributed by atoms with Crippen LogP contribution in [-0.2, 0) is 0 Å². The quantitative estimate of drug-likeness (QED) is 0.587. The van der Waals surface area contributed by atoms with Gasteiger partial charge in [0.05, 0.1) is 5.69 Å². The number of rotatable bonds is 1. The smallest absolute Gasteiger partial charge is 0.118 e. The fraction of sp³-hybridized carbons (Fsp3) is 0.125. The monoisotopic (exact) mass is 135 g/mol. The molecule has 0 unspecified atom stereocenters. The summed E-state index contributed by atoms with van der Waals surface area (Å²) < 4.78 is 0. The third-order valence-electron chi connectivity index (χ3n) is 1.36. The highest BCUT2D eigenvalue weighted by Crippen LogP contribution is 2.21. The first-order valence-corrected chi connectivity index (χ1v) is 3.00. The van der Waals surface area contributed by atoms with Gasteiger partial charge in [-0.3, -0.25) is 4.99 Å². The van der Waals surface area contributed by atoms with E-state index in [1.807, 2.05) is 6.92 Å². The average molecular weight is 135 g/mol. The van der Waals surface area contributed by atoms with Gasteiger partial charge in [0, 0.05) is 0 Å². The minimum Gasteiger partial charge on any atom is -0.508 e. The van der Waals surface area contributed by atoms with Crippen LogP contribution in [-0.4, -0.2) is 11.8 Å². The number of nitrogens with zero attached hydrogens (tertiary/aromatic N) is 1. The van der Waals surface area contributed by atoms with Crippen molar-refractivity contribution < 1.29 is 5.11 Å². The van der Waals surface area contributed by atoms with E-state index in [0.29, 0.717) is 5.75 Å². The van der Waals surface area contributed by atoms with Gasteiger partial charge in [-0.25, -0.2) is 0 Å². The second-order valence-corrected chi connectivity index (χ2v) is 2.13. The third-order valence-corrected chi connectivity index (χ3v) is 1.36. The van der Waals surface area contributed by atoms with Crippen LogP contribution in [0.2, 0.25) is 0 Å². The number of hydrogen-bond donors (Lipinski definition) is 1. The predicted molar refractivity (Wildman–Crippen MR) is 42.1 cm³/mol. The summed E-state index contributed by atoms with van der Waals surface area (Å²) >= 11 is 0. The Morgan fingerprint density at radius 2 is 2.20 bits per heavy atom. The number of aliphatic imine (C=N–C) groups is 1. The first-order chi connectivity index (χ1) is 4.74. The van der Waals surface area contributed by atoms with E-state index in [-0.39, 0.29) is 0 Å². The van der Waals surface area contributed by atoms with Gasteiger partial charge < -0.3 is 5.11 Å². The molecule has 0 aliphatic heterocycles. The van der Waals surface area contributed by atoms with E-state index >= 15 is 0 Å². The Hall–Kier alpha value is -1.31. The maximum Gasteiger partial charge on any atom is 0.118 e. The molecule has 1 N–H and O–H groups in total. The minimum absolute atomic E-state index is 0.299. The van der Waals surface area contributed by atoms with E-state index in [9.17, 15) is 0 Å². The summed E-state index contributed by atoms with van der Waals surface area (Å²) in [6, 6.07) is 5.11. The van der Waals surface area contributed by atoms with Crippen molar-refractivity contribution in [1.29, 1.82) is 0 Å². The van der Waals surface area contributed by atoms with Gasteiger partial charge in [-0.1, -0.05) is 0 Å². The Bertz CT molecular complexity index is 255. The van der Waals surface area contributed by atoms with Crippen molar-refractivity contribution in [2.75, 3.05) is 0 Å². The van der Waals surface area contributed by atoms with Crippen molar-refractivity contribution in [2.24, 2.45) is 4.99 Å². The zero-order chi connectivity index (χ0) is 7.56. The maximum atomic E-state index is 9.08. The van der Waals surface area contributed by atoms with Crippen LogP contribution >= 0.6 is 0 Å². The van der Waals surface area contributed by atoms with Gasteiger partial charge in [0.25, 0.3) is 0 Å². The lowest BCUT2D eigenvalue weighted by Gasteiger charge is -1.97. The van der Waals surface area contributed by atoms with Gasteiger partial charge in [0.1, 0.15) is 5.75 Å². The molecule has 1 aromatic rings. The molecule has 2 heteroatoms. The number of phenols is 1. The number of aromatic hydroxyl groups is 1. The lowest BCUT2D eigenvalue weighted by atomic mass is 10.2. The molecule has 52 valence electrons. The third kappa shape index (κ3) is 1.16. The summed E-state index contributed by atoms with van der Waals surface area (Å²) in [6.07, 6.45) is 0. The van der Waals surface area contributed by atoms with Crippen molar-refractivity contribution in [3.8, 4) is 5.75 Å². The lowest BCUT2D eigenvalue weighted by molar-refractivity contribution is 0.471. The van der Waals surface area contributed by atoms with Crippen LogP contribution in [0, 0.1) is 6.92 Å². The van der Waals surface area contributed by atoms with E-state index in [2.05, 4.69) is 11.7 Å². The first-order valence-electron chi connectivity index (χ1n) is 3.00. The van der Waals surface area contributed by atoms with Crippen molar-refractivity contribution >= 4 is 12.4 Å². The molecule has 0 heterocycles. The van der Waals surface area contributed by atoms with Crippen LogP contribution in [0.15, 0.2) is 23.2 Å². The Balaban J connectivity index is 3.16. The molecule has 0 saturated heterocycles. The summed E-state index contributed by atoms with van der Waals surface area (Å²) in [5.74, 6) is 0.299. The number of hydrogen-bond acceptors (Lipinski definition) is 2. The summed E-state index contributed by atoms with van der Waals surface area (Å²) in [6.45, 7) is 5.19. The van der Waals surface area contributed by atoms with E-state index < -0.39 is 0 Å². The number of benzene rings is 1. The number of aryl methyl sites for hydroxylation is 1. The zero-order valence-electron chi connectivity index (χ0n) is 5.83. The predicted octanol–water partition coefficient (Wildman–Crippen LogP) is 2.03. The fourth-order valence-electron chi connectivity index (χ4n) is 0.738. The highest BCUT2D eigenvalue weighted by atomic mass is 16.3. The van der Waals surface area contributed by atoms with E-state index in [4.69, 9.17) is 5.11 Å².